The molecule has 132 valence electrons. The number of carbonyl (C=O) groups excluding carboxylic acids is 1. The molecule has 1 aromatic rings. The molecule has 1 saturated carbocycles. The first kappa shape index (κ1) is 18.9. The molecule has 1 unspecified atom stereocenters. The van der Waals surface area contributed by atoms with Crippen LogP contribution in [0.3, 0.4) is 0 Å². The number of rotatable bonds is 4. The molecule has 1 aromatic heterocycles. The first-order chi connectivity index (χ1) is 11.3. The Hall–Kier alpha value is -1.40. The zero-order valence-corrected chi connectivity index (χ0v) is 15.7. The summed E-state index contributed by atoms with van der Waals surface area (Å²) in [5, 5.41) is 2.95. The summed E-state index contributed by atoms with van der Waals surface area (Å²) in [6, 6.07) is 3.59. The smallest absolute Gasteiger partial charge is 0.227 e. The largest absolute Gasteiger partial charge is 0.591 e. The molecule has 1 N–H and O–H groups in total. The van der Waals surface area contributed by atoms with Crippen LogP contribution in [-0.2, 0) is 16.2 Å². The number of carbonyl (C=O) groups is 1. The average Bonchev–Trinajstić information content (AvgIpc) is 2.55. The summed E-state index contributed by atoms with van der Waals surface area (Å²) < 4.78 is 16.2. The molecular formula is C18H27N3O2S. The highest BCUT2D eigenvalue weighted by molar-refractivity contribution is 7.91. The molecular weight excluding hydrogens is 322 g/mol. The second kappa shape index (κ2) is 8.12. The van der Waals surface area contributed by atoms with Gasteiger partial charge in [0.15, 0.2) is 0 Å². The van der Waals surface area contributed by atoms with E-state index in [0.717, 1.165) is 37.1 Å². The van der Waals surface area contributed by atoms with Gasteiger partial charge in [-0.3, -0.25) is 9.78 Å². The lowest BCUT2D eigenvalue weighted by Crippen LogP contribution is -2.31. The SMILES string of the molecule is CC(=N[S+]([O-])C(C)(C)C)C1CCC(C(=O)Nc2ccncc2)CC1. The minimum absolute atomic E-state index is 0.0373. The predicted molar refractivity (Wildman–Crippen MR) is 99.3 cm³/mol. The number of pyridine rings is 1. The van der Waals surface area contributed by atoms with E-state index in [2.05, 4.69) is 14.7 Å². The summed E-state index contributed by atoms with van der Waals surface area (Å²) in [6.45, 7) is 7.76. The van der Waals surface area contributed by atoms with Crippen molar-refractivity contribution < 1.29 is 9.35 Å². The average molecular weight is 350 g/mol. The Bertz CT molecular complexity index is 576. The van der Waals surface area contributed by atoms with Gasteiger partial charge in [-0.05, 0) is 65.5 Å². The van der Waals surface area contributed by atoms with Crippen molar-refractivity contribution in [2.75, 3.05) is 5.32 Å². The highest BCUT2D eigenvalue weighted by Crippen LogP contribution is 2.31. The lowest BCUT2D eigenvalue weighted by Gasteiger charge is -2.28. The van der Waals surface area contributed by atoms with Gasteiger partial charge in [0.25, 0.3) is 0 Å². The van der Waals surface area contributed by atoms with Crippen molar-refractivity contribution in [1.29, 1.82) is 0 Å². The molecule has 1 aliphatic rings. The van der Waals surface area contributed by atoms with Crippen LogP contribution in [-0.4, -0.2) is 25.9 Å². The highest BCUT2D eigenvalue weighted by Gasteiger charge is 2.31. The first-order valence-corrected chi connectivity index (χ1v) is 9.56. The van der Waals surface area contributed by atoms with Gasteiger partial charge in [0.1, 0.15) is 16.1 Å². The molecule has 0 saturated heterocycles. The first-order valence-electron chi connectivity index (χ1n) is 8.45. The van der Waals surface area contributed by atoms with Gasteiger partial charge in [-0.25, -0.2) is 0 Å². The maximum atomic E-state index is 12.3. The Morgan fingerprint density at radius 1 is 1.21 bits per heavy atom. The molecule has 0 bridgehead atoms. The fraction of sp³-hybridized carbons (Fsp3) is 0.611. The van der Waals surface area contributed by atoms with Crippen LogP contribution in [0.4, 0.5) is 5.69 Å². The van der Waals surface area contributed by atoms with Crippen LogP contribution in [0.2, 0.25) is 0 Å². The zero-order valence-electron chi connectivity index (χ0n) is 14.9. The molecule has 0 aliphatic heterocycles. The Kier molecular flexibility index (Phi) is 6.40. The van der Waals surface area contributed by atoms with Gasteiger partial charge in [-0.15, -0.1) is 0 Å². The van der Waals surface area contributed by atoms with E-state index < -0.39 is 11.4 Å². The summed E-state index contributed by atoms with van der Waals surface area (Å²) in [5.41, 5.74) is 1.74. The number of nitrogens with zero attached hydrogens (tertiary/aromatic N) is 2. The molecule has 1 atom stereocenters. The van der Waals surface area contributed by atoms with Crippen molar-refractivity contribution in [1.82, 2.24) is 4.98 Å². The van der Waals surface area contributed by atoms with E-state index in [9.17, 15) is 9.35 Å². The summed E-state index contributed by atoms with van der Waals surface area (Å²) in [5.74, 6) is 0.448. The van der Waals surface area contributed by atoms with Gasteiger partial charge in [-0.1, -0.05) is 4.40 Å². The molecule has 0 spiro atoms. The van der Waals surface area contributed by atoms with Gasteiger partial charge >= 0.3 is 0 Å². The van der Waals surface area contributed by atoms with Gasteiger partial charge in [0.2, 0.25) is 5.91 Å². The van der Waals surface area contributed by atoms with Gasteiger partial charge in [0, 0.05) is 29.9 Å². The topological polar surface area (TPSA) is 77.4 Å². The maximum Gasteiger partial charge on any atom is 0.227 e. The van der Waals surface area contributed by atoms with E-state index in [-0.39, 0.29) is 16.6 Å². The second-order valence-corrected chi connectivity index (χ2v) is 9.27. The van der Waals surface area contributed by atoms with Crippen LogP contribution in [0.15, 0.2) is 28.9 Å². The summed E-state index contributed by atoms with van der Waals surface area (Å²) >= 11 is -1.21. The van der Waals surface area contributed by atoms with Crippen molar-refractivity contribution in [3.05, 3.63) is 24.5 Å². The van der Waals surface area contributed by atoms with Crippen LogP contribution in [0.25, 0.3) is 0 Å². The van der Waals surface area contributed by atoms with Crippen molar-refractivity contribution >= 4 is 28.7 Å². The van der Waals surface area contributed by atoms with Crippen LogP contribution < -0.4 is 5.32 Å². The fourth-order valence-electron chi connectivity index (χ4n) is 2.80. The maximum absolute atomic E-state index is 12.3. The third-order valence-corrected chi connectivity index (χ3v) is 5.89. The lowest BCUT2D eigenvalue weighted by molar-refractivity contribution is -0.120. The number of hydrogen-bond acceptors (Lipinski definition) is 4. The van der Waals surface area contributed by atoms with E-state index >= 15 is 0 Å². The van der Waals surface area contributed by atoms with E-state index in [1.54, 1.807) is 24.5 Å². The molecule has 1 amide bonds. The summed E-state index contributed by atoms with van der Waals surface area (Å²) in [6.07, 6.45) is 6.87. The van der Waals surface area contributed by atoms with Gasteiger partial charge in [-0.2, -0.15) is 0 Å². The van der Waals surface area contributed by atoms with E-state index in [1.807, 2.05) is 27.7 Å². The van der Waals surface area contributed by atoms with Crippen LogP contribution in [0.1, 0.15) is 53.4 Å². The molecule has 5 nitrogen and oxygen atoms in total. The molecule has 1 aliphatic carbocycles. The predicted octanol–water partition coefficient (Wildman–Crippen LogP) is 3.75. The quantitative estimate of drug-likeness (QED) is 0.664. The number of hydrogen-bond donors (Lipinski definition) is 1. The fourth-order valence-corrected chi connectivity index (χ4v) is 3.48. The molecule has 2 rings (SSSR count). The normalized spacial score (nSPS) is 23.6. The molecule has 0 aromatic carbocycles. The minimum Gasteiger partial charge on any atom is -0.591 e. The van der Waals surface area contributed by atoms with Crippen molar-refractivity contribution in [3.8, 4) is 0 Å². The molecule has 24 heavy (non-hydrogen) atoms. The van der Waals surface area contributed by atoms with Crippen LogP contribution in [0.5, 0.6) is 0 Å². The third-order valence-electron chi connectivity index (χ3n) is 4.39. The number of amides is 1. The van der Waals surface area contributed by atoms with E-state index in [0.29, 0.717) is 5.92 Å². The van der Waals surface area contributed by atoms with Gasteiger partial charge in [0.05, 0.1) is 5.71 Å². The number of anilines is 1. The summed E-state index contributed by atoms with van der Waals surface area (Å²) in [7, 11) is 0. The third kappa shape index (κ3) is 5.31. The van der Waals surface area contributed by atoms with E-state index in [1.165, 1.54) is 0 Å². The molecule has 1 heterocycles. The van der Waals surface area contributed by atoms with Crippen LogP contribution >= 0.6 is 0 Å². The Morgan fingerprint density at radius 2 is 1.75 bits per heavy atom. The monoisotopic (exact) mass is 349 g/mol. The summed E-state index contributed by atoms with van der Waals surface area (Å²) in [4.78, 5) is 16.3. The molecule has 1 fully saturated rings. The van der Waals surface area contributed by atoms with Crippen molar-refractivity contribution in [2.24, 2.45) is 16.2 Å². The Morgan fingerprint density at radius 3 is 2.29 bits per heavy atom. The van der Waals surface area contributed by atoms with Crippen molar-refractivity contribution in [2.45, 2.75) is 58.1 Å². The lowest BCUT2D eigenvalue weighted by atomic mass is 9.79. The molecule has 0 radical (unpaired) electrons. The standard InChI is InChI=1S/C18H27N3O2S/c1-13(21-24(23)18(2,3)4)14-5-7-15(8-6-14)17(22)20-16-9-11-19-12-10-16/h9-12,14-15H,5-8H2,1-4H3,(H,19,20,22). The van der Waals surface area contributed by atoms with Crippen LogP contribution in [0, 0.1) is 11.8 Å². The Labute approximate surface area is 147 Å². The number of aromatic nitrogens is 1. The number of nitrogens with one attached hydrogen (secondary N) is 1. The Balaban J connectivity index is 1.87. The molecule has 6 heteroatoms. The van der Waals surface area contributed by atoms with Gasteiger partial charge < -0.3 is 9.87 Å². The van der Waals surface area contributed by atoms with E-state index in [4.69, 9.17) is 0 Å². The highest BCUT2D eigenvalue weighted by atomic mass is 32.2. The zero-order chi connectivity index (χ0) is 17.7. The van der Waals surface area contributed by atoms with Crippen molar-refractivity contribution in [3.63, 3.8) is 0 Å². The minimum atomic E-state index is -1.21. The second-order valence-electron chi connectivity index (χ2n) is 7.37.